The molecule has 1 N–H and O–H groups in total. The molecular formula is C33H35F3N4O5. The van der Waals surface area contributed by atoms with Crippen molar-refractivity contribution >= 4 is 18.0 Å². The summed E-state index contributed by atoms with van der Waals surface area (Å²) in [5.74, 6) is 0.250. The van der Waals surface area contributed by atoms with Crippen molar-refractivity contribution in [2.75, 3.05) is 25.1 Å². The highest BCUT2D eigenvalue weighted by molar-refractivity contribution is 5.75. The topological polar surface area (TPSA) is 105 Å². The lowest BCUT2D eigenvalue weighted by Crippen LogP contribution is -2.39. The number of aliphatic carboxylic acids is 1. The maximum atomic E-state index is 13.4. The van der Waals surface area contributed by atoms with Gasteiger partial charge >= 0.3 is 18.2 Å². The van der Waals surface area contributed by atoms with Crippen molar-refractivity contribution in [1.29, 1.82) is 0 Å². The molecule has 1 saturated carbocycles. The highest BCUT2D eigenvalue weighted by Crippen LogP contribution is 2.42. The largest absolute Gasteiger partial charge is 0.496 e. The molecule has 45 heavy (non-hydrogen) atoms. The molecule has 0 bridgehead atoms. The minimum Gasteiger partial charge on any atom is -0.496 e. The van der Waals surface area contributed by atoms with E-state index in [0.29, 0.717) is 35.8 Å². The third kappa shape index (κ3) is 6.14. The van der Waals surface area contributed by atoms with Gasteiger partial charge in [-0.25, -0.2) is 14.8 Å². The van der Waals surface area contributed by atoms with Crippen LogP contribution in [0, 0.1) is 5.92 Å². The first-order valence-electron chi connectivity index (χ1n) is 15.2. The number of amides is 1. The number of carboxylic acid groups (broad SMARTS) is 1. The Morgan fingerprint density at radius 2 is 1.82 bits per heavy atom. The molecule has 2 atom stereocenters. The molecule has 1 aliphatic carbocycles. The lowest BCUT2D eigenvalue weighted by Gasteiger charge is -2.31. The average Bonchev–Trinajstić information content (AvgIpc) is 3.28. The number of cyclic esters (lactones) is 1. The molecule has 3 aliphatic rings. The molecule has 6 rings (SSSR count). The van der Waals surface area contributed by atoms with Gasteiger partial charge in [0, 0.05) is 30.4 Å². The second-order valence-corrected chi connectivity index (χ2v) is 12.0. The van der Waals surface area contributed by atoms with Crippen molar-refractivity contribution < 1.29 is 37.3 Å². The quantitative estimate of drug-likeness (QED) is 0.291. The standard InChI is InChI=1S/C33H35F3N4O5/c1-19-29(23-5-3-6-24(15-23)33(34,35)36)45-32(43)40(19)18-27-26(17-37-31(38-27)39-13-4-14-39)25-16-22(11-12-28(25)44-2)20-7-9-21(10-8-20)30(41)42/h3,5-6,11-12,15-17,19-21,29H,4,7-10,13-14,18H2,1-2H3,(H,41,42)/t19-,20-,21-,29-/m0/s1. The second kappa shape index (κ2) is 12.2. The fourth-order valence-corrected chi connectivity index (χ4v) is 6.50. The van der Waals surface area contributed by atoms with Crippen LogP contribution < -0.4 is 9.64 Å². The zero-order chi connectivity index (χ0) is 31.9. The number of alkyl halides is 3. The molecule has 1 aromatic heterocycles. The van der Waals surface area contributed by atoms with Gasteiger partial charge in [-0.2, -0.15) is 13.2 Å². The summed E-state index contributed by atoms with van der Waals surface area (Å²) in [4.78, 5) is 37.8. The summed E-state index contributed by atoms with van der Waals surface area (Å²) in [6.45, 7) is 3.43. The first-order chi connectivity index (χ1) is 21.5. The Hall–Kier alpha value is -4.35. The summed E-state index contributed by atoms with van der Waals surface area (Å²) in [7, 11) is 1.57. The molecule has 1 amide bonds. The first-order valence-corrected chi connectivity index (χ1v) is 15.2. The number of carbonyl (C=O) groups is 2. The monoisotopic (exact) mass is 624 g/mol. The lowest BCUT2D eigenvalue weighted by molar-refractivity contribution is -0.143. The molecule has 3 fully saturated rings. The smallest absolute Gasteiger partial charge is 0.416 e. The van der Waals surface area contributed by atoms with E-state index in [4.69, 9.17) is 14.5 Å². The van der Waals surface area contributed by atoms with Crippen molar-refractivity contribution in [2.45, 2.75) is 69.8 Å². The number of anilines is 1. The number of hydrogen-bond acceptors (Lipinski definition) is 7. The van der Waals surface area contributed by atoms with E-state index in [1.807, 2.05) is 23.1 Å². The Morgan fingerprint density at radius 3 is 2.47 bits per heavy atom. The van der Waals surface area contributed by atoms with E-state index in [1.54, 1.807) is 20.2 Å². The number of nitrogens with zero attached hydrogens (tertiary/aromatic N) is 4. The summed E-state index contributed by atoms with van der Waals surface area (Å²) < 4.78 is 51.6. The van der Waals surface area contributed by atoms with E-state index in [2.05, 4.69) is 4.98 Å². The molecule has 9 nitrogen and oxygen atoms in total. The fraction of sp³-hybridized carbons (Fsp3) is 0.455. The molecule has 2 aliphatic heterocycles. The minimum atomic E-state index is -4.52. The highest BCUT2D eigenvalue weighted by Gasteiger charge is 2.41. The zero-order valence-corrected chi connectivity index (χ0v) is 25.1. The van der Waals surface area contributed by atoms with Crippen LogP contribution in [0.3, 0.4) is 0 Å². The van der Waals surface area contributed by atoms with Crippen molar-refractivity contribution in [3.63, 3.8) is 0 Å². The van der Waals surface area contributed by atoms with Crippen LogP contribution in [-0.2, 0) is 22.3 Å². The van der Waals surface area contributed by atoms with E-state index >= 15 is 0 Å². The lowest BCUT2D eigenvalue weighted by atomic mass is 9.78. The van der Waals surface area contributed by atoms with Crippen molar-refractivity contribution in [2.24, 2.45) is 5.92 Å². The third-order valence-corrected chi connectivity index (χ3v) is 9.31. The predicted molar refractivity (Wildman–Crippen MR) is 159 cm³/mol. The molecule has 2 saturated heterocycles. The van der Waals surface area contributed by atoms with Crippen molar-refractivity contribution in [1.82, 2.24) is 14.9 Å². The van der Waals surface area contributed by atoms with Gasteiger partial charge in [0.2, 0.25) is 5.95 Å². The first kappa shape index (κ1) is 30.7. The SMILES string of the molecule is COc1ccc([C@H]2CC[C@H](C(=O)O)CC2)cc1-c1cnc(N2CCC2)nc1CN1C(=O)O[C@H](c2cccc(C(F)(F)F)c2)[C@@H]1C. The molecule has 0 unspecified atom stereocenters. The van der Waals surface area contributed by atoms with Crippen molar-refractivity contribution in [3.8, 4) is 16.9 Å². The van der Waals surface area contributed by atoms with Gasteiger partial charge in [-0.3, -0.25) is 9.69 Å². The number of carbonyl (C=O) groups excluding carboxylic acids is 1. The van der Waals surface area contributed by atoms with E-state index in [-0.39, 0.29) is 23.9 Å². The number of rotatable bonds is 8. The number of ether oxygens (including phenoxy) is 2. The summed E-state index contributed by atoms with van der Waals surface area (Å²) in [6.07, 6.45) is -0.556. The summed E-state index contributed by atoms with van der Waals surface area (Å²) in [5, 5.41) is 9.43. The highest BCUT2D eigenvalue weighted by atomic mass is 19.4. The molecule has 3 aromatic rings. The Labute approximate surface area is 259 Å². The normalized spacial score (nSPS) is 23.4. The van der Waals surface area contributed by atoms with E-state index in [1.165, 1.54) is 17.0 Å². The zero-order valence-electron chi connectivity index (χ0n) is 25.1. The van der Waals surface area contributed by atoms with Crippen molar-refractivity contribution in [3.05, 3.63) is 71.0 Å². The van der Waals surface area contributed by atoms with Gasteiger partial charge in [-0.05, 0) is 80.3 Å². The Kier molecular flexibility index (Phi) is 8.32. The van der Waals surface area contributed by atoms with Gasteiger partial charge < -0.3 is 19.5 Å². The van der Waals surface area contributed by atoms with E-state index < -0.39 is 35.9 Å². The number of aromatic nitrogens is 2. The predicted octanol–water partition coefficient (Wildman–Crippen LogP) is 6.82. The maximum Gasteiger partial charge on any atom is 0.416 e. The Morgan fingerprint density at radius 1 is 1.07 bits per heavy atom. The molecular weight excluding hydrogens is 589 g/mol. The van der Waals surface area contributed by atoms with Crippen LogP contribution in [-0.4, -0.2) is 58.3 Å². The Bertz CT molecular complexity index is 1590. The van der Waals surface area contributed by atoms with Gasteiger partial charge in [0.05, 0.1) is 36.9 Å². The minimum absolute atomic E-state index is 0.0469. The second-order valence-electron chi connectivity index (χ2n) is 12.0. The third-order valence-electron chi connectivity index (χ3n) is 9.31. The van der Waals surface area contributed by atoms with E-state index in [9.17, 15) is 27.9 Å². The van der Waals surface area contributed by atoms with Crippen LogP contribution in [0.15, 0.2) is 48.7 Å². The van der Waals surface area contributed by atoms with Crippen LogP contribution >= 0.6 is 0 Å². The van der Waals surface area contributed by atoms with Crippen LogP contribution in [0.1, 0.15) is 73.4 Å². The van der Waals surface area contributed by atoms with Gasteiger partial charge in [-0.15, -0.1) is 0 Å². The number of methoxy groups -OCH3 is 1. The molecule has 0 radical (unpaired) electrons. The van der Waals surface area contributed by atoms with Gasteiger partial charge in [-0.1, -0.05) is 18.2 Å². The van der Waals surface area contributed by atoms with Gasteiger partial charge in [0.15, 0.2) is 0 Å². The van der Waals surface area contributed by atoms with Crippen LogP contribution in [0.25, 0.3) is 11.1 Å². The van der Waals surface area contributed by atoms with Crippen LogP contribution in [0.5, 0.6) is 5.75 Å². The average molecular weight is 625 g/mol. The van der Waals surface area contributed by atoms with Gasteiger partial charge in [0.25, 0.3) is 0 Å². The van der Waals surface area contributed by atoms with E-state index in [0.717, 1.165) is 55.6 Å². The number of carboxylic acids is 1. The number of hydrogen-bond donors (Lipinski definition) is 1. The molecule has 3 heterocycles. The maximum absolute atomic E-state index is 13.4. The molecule has 0 spiro atoms. The van der Waals surface area contributed by atoms with Crippen LogP contribution in [0.2, 0.25) is 0 Å². The number of halogens is 3. The fourth-order valence-electron chi connectivity index (χ4n) is 6.50. The van der Waals surface area contributed by atoms with Crippen LogP contribution in [0.4, 0.5) is 23.9 Å². The molecule has 12 heteroatoms. The number of benzene rings is 2. The summed E-state index contributed by atoms with van der Waals surface area (Å²) in [5.41, 5.74) is 2.50. The molecule has 2 aromatic carbocycles. The summed E-state index contributed by atoms with van der Waals surface area (Å²) >= 11 is 0. The van der Waals surface area contributed by atoms with Gasteiger partial charge in [0.1, 0.15) is 11.9 Å². The Balaban J connectivity index is 1.33. The summed E-state index contributed by atoms with van der Waals surface area (Å²) in [6, 6.07) is 10.2. The molecule has 238 valence electrons.